The highest BCUT2D eigenvalue weighted by Crippen LogP contribution is 2.65. The van der Waals surface area contributed by atoms with E-state index in [1.54, 1.807) is 48.5 Å². The van der Waals surface area contributed by atoms with Gasteiger partial charge in [0.1, 0.15) is 16.5 Å². The molecule has 2 aromatic carbocycles. The van der Waals surface area contributed by atoms with Crippen LogP contribution >= 0.6 is 23.2 Å². The summed E-state index contributed by atoms with van der Waals surface area (Å²) in [7, 11) is 0. The second kappa shape index (κ2) is 7.93. The summed E-state index contributed by atoms with van der Waals surface area (Å²) in [6, 6.07) is 16.1. The van der Waals surface area contributed by atoms with Crippen molar-refractivity contribution in [1.82, 2.24) is 0 Å². The third-order valence-electron chi connectivity index (χ3n) is 5.36. The minimum atomic E-state index is -4.58. The van der Waals surface area contributed by atoms with Gasteiger partial charge in [-0.1, -0.05) is 55.3 Å². The number of benzene rings is 2. The van der Waals surface area contributed by atoms with Crippen LogP contribution in [0.3, 0.4) is 0 Å². The monoisotopic (exact) mass is 439 g/mol. The van der Waals surface area contributed by atoms with Gasteiger partial charge < -0.3 is 4.74 Å². The Balaban J connectivity index is 1.84. The van der Waals surface area contributed by atoms with Crippen molar-refractivity contribution >= 4 is 23.2 Å². The molecule has 152 valence electrons. The molecular formula is C22H18Cl2F3NO. The van der Waals surface area contributed by atoms with E-state index in [1.807, 2.05) is 13.8 Å². The van der Waals surface area contributed by atoms with E-state index in [2.05, 4.69) is 6.07 Å². The zero-order valence-corrected chi connectivity index (χ0v) is 17.2. The Labute approximate surface area is 177 Å². The minimum absolute atomic E-state index is 0.283. The maximum atomic E-state index is 12.8. The minimum Gasteiger partial charge on any atom is -0.457 e. The highest BCUT2D eigenvalue weighted by Gasteiger charge is 2.60. The molecule has 3 atom stereocenters. The Hall–Kier alpha value is -2.16. The van der Waals surface area contributed by atoms with Gasteiger partial charge in [0, 0.05) is 5.02 Å². The normalized spacial score (nSPS) is 21.9. The van der Waals surface area contributed by atoms with Gasteiger partial charge in [-0.3, -0.25) is 0 Å². The van der Waals surface area contributed by atoms with Crippen molar-refractivity contribution in [3.8, 4) is 17.6 Å². The molecule has 0 aromatic heterocycles. The van der Waals surface area contributed by atoms with Crippen LogP contribution in [-0.2, 0) is 0 Å². The van der Waals surface area contributed by atoms with Gasteiger partial charge in [0.25, 0.3) is 0 Å². The summed E-state index contributed by atoms with van der Waals surface area (Å²) in [5.74, 6) is -0.192. The number of rotatable bonds is 5. The first-order valence-electron chi connectivity index (χ1n) is 8.91. The van der Waals surface area contributed by atoms with E-state index in [9.17, 15) is 18.4 Å². The summed E-state index contributed by atoms with van der Waals surface area (Å²) in [5, 5.41) is 9.21. The van der Waals surface area contributed by atoms with E-state index in [-0.39, 0.29) is 5.92 Å². The van der Waals surface area contributed by atoms with Gasteiger partial charge in [0.15, 0.2) is 0 Å². The first-order valence-corrected chi connectivity index (χ1v) is 9.67. The average molecular weight is 440 g/mol. The Kier molecular flexibility index (Phi) is 5.89. The van der Waals surface area contributed by atoms with Crippen LogP contribution in [0.15, 0.2) is 59.6 Å². The van der Waals surface area contributed by atoms with Gasteiger partial charge in [-0.25, -0.2) is 0 Å². The van der Waals surface area contributed by atoms with E-state index in [1.165, 1.54) is 0 Å². The number of alkyl halides is 3. The number of ether oxygens (including phenoxy) is 1. The molecule has 7 heteroatoms. The lowest BCUT2D eigenvalue weighted by molar-refractivity contribution is -0.0848. The Bertz CT molecular complexity index is 961. The fraction of sp³-hybridized carbons (Fsp3) is 0.318. The largest absolute Gasteiger partial charge is 0.457 e. The number of nitriles is 1. The van der Waals surface area contributed by atoms with Gasteiger partial charge in [-0.2, -0.15) is 18.4 Å². The van der Waals surface area contributed by atoms with Gasteiger partial charge in [-0.05, 0) is 59.2 Å². The molecule has 3 rings (SSSR count). The molecule has 0 bridgehead atoms. The molecule has 0 amide bonds. The quantitative estimate of drug-likeness (QED) is 0.477. The Morgan fingerprint density at radius 3 is 2.41 bits per heavy atom. The van der Waals surface area contributed by atoms with Crippen LogP contribution in [0.25, 0.3) is 0 Å². The van der Waals surface area contributed by atoms with Crippen molar-refractivity contribution < 1.29 is 17.9 Å². The SMILES string of the molecule is CC1(C)C(C=C(Cl)C(F)(F)F)C1C(C#N)c1cccc(Oc2ccc(Cl)cc2)c1. The third kappa shape index (κ3) is 4.71. The highest BCUT2D eigenvalue weighted by molar-refractivity contribution is 6.30. The molecule has 0 aliphatic heterocycles. The van der Waals surface area contributed by atoms with Crippen molar-refractivity contribution in [3.05, 3.63) is 70.2 Å². The van der Waals surface area contributed by atoms with Crippen molar-refractivity contribution in [2.75, 3.05) is 0 Å². The van der Waals surface area contributed by atoms with Crippen molar-refractivity contribution in [3.63, 3.8) is 0 Å². The standard InChI is InChI=1S/C22H18Cl2F3NO/c1-21(2)18(11-19(24)22(25,26)27)20(21)17(12-28)13-4-3-5-16(10-13)29-15-8-6-14(23)7-9-15/h3-11,17-18,20H,1-2H3. The zero-order chi connectivity index (χ0) is 21.4. The summed E-state index contributed by atoms with van der Waals surface area (Å²) in [5.41, 5.74) is 0.217. The predicted octanol–water partition coefficient (Wildman–Crippen LogP) is 7.70. The highest BCUT2D eigenvalue weighted by atomic mass is 35.5. The van der Waals surface area contributed by atoms with Gasteiger partial charge in [0.2, 0.25) is 0 Å². The van der Waals surface area contributed by atoms with Crippen LogP contribution < -0.4 is 4.74 Å². The van der Waals surface area contributed by atoms with E-state index < -0.39 is 28.5 Å². The van der Waals surface area contributed by atoms with Crippen LogP contribution in [0.1, 0.15) is 25.3 Å². The first kappa shape index (κ1) is 21.5. The summed E-state index contributed by atoms with van der Waals surface area (Å²) in [6.45, 7) is 3.69. The van der Waals surface area contributed by atoms with E-state index in [0.717, 1.165) is 6.08 Å². The molecule has 1 saturated carbocycles. The lowest BCUT2D eigenvalue weighted by Crippen LogP contribution is -2.07. The molecule has 0 radical (unpaired) electrons. The topological polar surface area (TPSA) is 33.0 Å². The van der Waals surface area contributed by atoms with Crippen LogP contribution in [0, 0.1) is 28.6 Å². The summed E-state index contributed by atoms with van der Waals surface area (Å²) in [4.78, 5) is 0. The fourth-order valence-electron chi connectivity index (χ4n) is 3.70. The number of allylic oxidation sites excluding steroid dienone is 2. The van der Waals surface area contributed by atoms with Crippen LogP contribution in [-0.4, -0.2) is 6.18 Å². The molecule has 2 aromatic rings. The lowest BCUT2D eigenvalue weighted by Gasteiger charge is -2.13. The Morgan fingerprint density at radius 1 is 1.17 bits per heavy atom. The molecule has 29 heavy (non-hydrogen) atoms. The molecule has 3 unspecified atom stereocenters. The molecule has 1 aliphatic rings. The van der Waals surface area contributed by atoms with Crippen molar-refractivity contribution in [2.24, 2.45) is 17.3 Å². The summed E-state index contributed by atoms with van der Waals surface area (Å²) < 4.78 is 44.3. The Morgan fingerprint density at radius 2 is 1.83 bits per heavy atom. The van der Waals surface area contributed by atoms with Crippen molar-refractivity contribution in [1.29, 1.82) is 5.26 Å². The number of halogens is 5. The second-order valence-electron chi connectivity index (χ2n) is 7.62. The van der Waals surface area contributed by atoms with Crippen LogP contribution in [0.4, 0.5) is 13.2 Å². The van der Waals surface area contributed by atoms with E-state index >= 15 is 0 Å². The molecule has 0 saturated heterocycles. The number of hydrogen-bond donors (Lipinski definition) is 0. The van der Waals surface area contributed by atoms with Gasteiger partial charge in [-0.15, -0.1) is 0 Å². The van der Waals surface area contributed by atoms with Gasteiger partial charge in [0.05, 0.1) is 12.0 Å². The fourth-order valence-corrected chi connectivity index (χ4v) is 3.96. The molecule has 0 N–H and O–H groups in total. The van der Waals surface area contributed by atoms with E-state index in [0.29, 0.717) is 22.1 Å². The first-order chi connectivity index (χ1) is 13.5. The van der Waals surface area contributed by atoms with Crippen molar-refractivity contribution in [2.45, 2.75) is 25.9 Å². The smallest absolute Gasteiger partial charge is 0.426 e. The van der Waals surface area contributed by atoms with Crippen LogP contribution in [0.2, 0.25) is 5.02 Å². The maximum Gasteiger partial charge on any atom is 0.426 e. The molecular weight excluding hydrogens is 422 g/mol. The molecule has 0 spiro atoms. The summed E-state index contributed by atoms with van der Waals surface area (Å²) >= 11 is 11.3. The molecule has 2 nitrogen and oxygen atoms in total. The predicted molar refractivity (Wildman–Crippen MR) is 107 cm³/mol. The van der Waals surface area contributed by atoms with Crippen LogP contribution in [0.5, 0.6) is 11.5 Å². The number of hydrogen-bond acceptors (Lipinski definition) is 2. The van der Waals surface area contributed by atoms with E-state index in [4.69, 9.17) is 27.9 Å². The second-order valence-corrected chi connectivity index (χ2v) is 8.46. The average Bonchev–Trinajstić information content (AvgIpc) is 3.17. The lowest BCUT2D eigenvalue weighted by atomic mass is 9.91. The molecule has 1 fully saturated rings. The van der Waals surface area contributed by atoms with Gasteiger partial charge >= 0.3 is 6.18 Å². The summed E-state index contributed by atoms with van der Waals surface area (Å²) in [6.07, 6.45) is -3.55. The zero-order valence-electron chi connectivity index (χ0n) is 15.7. The third-order valence-corrected chi connectivity index (χ3v) is 5.95. The number of nitrogens with zero attached hydrogens (tertiary/aromatic N) is 1. The molecule has 0 heterocycles. The maximum absolute atomic E-state index is 12.8. The molecule has 1 aliphatic carbocycles.